The van der Waals surface area contributed by atoms with E-state index in [9.17, 15) is 4.79 Å². The number of ether oxygens (including phenoxy) is 1. The van der Waals surface area contributed by atoms with Crippen LogP contribution in [0.3, 0.4) is 0 Å². The predicted octanol–water partition coefficient (Wildman–Crippen LogP) is 2.53. The van der Waals surface area contributed by atoms with E-state index in [0.29, 0.717) is 18.0 Å². The van der Waals surface area contributed by atoms with E-state index in [2.05, 4.69) is 11.6 Å². The predicted molar refractivity (Wildman–Crippen MR) is 54.7 cm³/mol. The molecule has 0 N–H and O–H groups in total. The van der Waals surface area contributed by atoms with E-state index >= 15 is 0 Å². The van der Waals surface area contributed by atoms with Crippen LogP contribution in [0.25, 0.3) is 0 Å². The van der Waals surface area contributed by atoms with Gasteiger partial charge in [-0.1, -0.05) is 18.7 Å². The van der Waals surface area contributed by atoms with Crippen molar-refractivity contribution in [2.24, 2.45) is 4.99 Å². The Hall–Kier alpha value is -1.86. The molecule has 3 heteroatoms. The van der Waals surface area contributed by atoms with Gasteiger partial charge in [0.15, 0.2) is 0 Å². The van der Waals surface area contributed by atoms with Gasteiger partial charge in [-0.05, 0) is 24.6 Å². The summed E-state index contributed by atoms with van der Waals surface area (Å²) < 4.78 is 5.30. The highest BCUT2D eigenvalue weighted by molar-refractivity contribution is 5.58. The second kappa shape index (κ2) is 5.00. The van der Waals surface area contributed by atoms with Crippen LogP contribution in [-0.4, -0.2) is 12.7 Å². The van der Waals surface area contributed by atoms with Crippen molar-refractivity contribution >= 4 is 11.8 Å². The molecule has 0 heterocycles. The molecule has 14 heavy (non-hydrogen) atoms. The first-order chi connectivity index (χ1) is 6.77. The van der Waals surface area contributed by atoms with Crippen LogP contribution in [0, 0.1) is 6.92 Å². The minimum absolute atomic E-state index is 0.393. The van der Waals surface area contributed by atoms with Gasteiger partial charge in [0.25, 0.3) is 0 Å². The van der Waals surface area contributed by atoms with Gasteiger partial charge in [0, 0.05) is 0 Å². The number of benzene rings is 1. The van der Waals surface area contributed by atoms with E-state index in [1.807, 2.05) is 13.0 Å². The molecule has 0 unspecified atom stereocenters. The smallest absolute Gasteiger partial charge is 0.240 e. The third kappa shape index (κ3) is 2.57. The summed E-state index contributed by atoms with van der Waals surface area (Å²) in [4.78, 5) is 13.7. The Bertz CT molecular complexity index is 379. The number of aryl methyl sites for hydroxylation is 1. The highest BCUT2D eigenvalue weighted by atomic mass is 16.5. The Balaban J connectivity index is 3.01. The lowest BCUT2D eigenvalue weighted by molar-refractivity contribution is 0.364. The molecule has 0 amide bonds. The summed E-state index contributed by atoms with van der Waals surface area (Å²) in [7, 11) is 0. The largest absolute Gasteiger partial charge is 0.487 e. The second-order valence-electron chi connectivity index (χ2n) is 2.77. The molecule has 0 bridgehead atoms. The molecule has 0 aliphatic rings. The van der Waals surface area contributed by atoms with E-state index in [1.54, 1.807) is 18.2 Å². The highest BCUT2D eigenvalue weighted by Crippen LogP contribution is 2.27. The Kier molecular flexibility index (Phi) is 3.65. The molecule has 0 spiro atoms. The Labute approximate surface area is 82.7 Å². The lowest BCUT2D eigenvalue weighted by Crippen LogP contribution is -1.93. The fourth-order valence-electron chi connectivity index (χ4n) is 1.03. The average molecular weight is 189 g/mol. The Morgan fingerprint density at radius 1 is 1.64 bits per heavy atom. The van der Waals surface area contributed by atoms with Crippen LogP contribution in [0.2, 0.25) is 0 Å². The first kappa shape index (κ1) is 10.2. The molecule has 0 atom stereocenters. The molecule has 0 fully saturated rings. The fourth-order valence-corrected chi connectivity index (χ4v) is 1.03. The van der Waals surface area contributed by atoms with Gasteiger partial charge in [0.1, 0.15) is 18.0 Å². The lowest BCUT2D eigenvalue weighted by atomic mass is 10.2. The van der Waals surface area contributed by atoms with Gasteiger partial charge >= 0.3 is 0 Å². The number of hydrogen-bond donors (Lipinski definition) is 0. The number of aliphatic imine (C=N–C) groups is 1. The van der Waals surface area contributed by atoms with Crippen LogP contribution in [0.4, 0.5) is 5.69 Å². The van der Waals surface area contributed by atoms with Gasteiger partial charge in [0.2, 0.25) is 6.08 Å². The normalized spacial score (nSPS) is 8.93. The number of hydrogen-bond acceptors (Lipinski definition) is 3. The SMILES string of the molecule is C=CCOc1ccc(C)cc1N=C=O. The molecule has 0 saturated carbocycles. The third-order valence-corrected chi connectivity index (χ3v) is 1.64. The summed E-state index contributed by atoms with van der Waals surface area (Å²) in [6.07, 6.45) is 3.13. The Morgan fingerprint density at radius 2 is 2.43 bits per heavy atom. The molecule has 3 nitrogen and oxygen atoms in total. The minimum atomic E-state index is 0.393. The van der Waals surface area contributed by atoms with Gasteiger partial charge in [0.05, 0.1) is 0 Å². The number of nitrogens with zero attached hydrogens (tertiary/aromatic N) is 1. The van der Waals surface area contributed by atoms with Gasteiger partial charge in [-0.15, -0.1) is 0 Å². The first-order valence-electron chi connectivity index (χ1n) is 4.20. The number of carbonyl (C=O) groups excluding carboxylic acids is 1. The van der Waals surface area contributed by atoms with E-state index in [-0.39, 0.29) is 0 Å². The van der Waals surface area contributed by atoms with Crippen molar-refractivity contribution in [2.45, 2.75) is 6.92 Å². The van der Waals surface area contributed by atoms with Crippen LogP contribution in [0.15, 0.2) is 35.8 Å². The summed E-state index contributed by atoms with van der Waals surface area (Å²) in [6.45, 7) is 5.85. The van der Waals surface area contributed by atoms with Crippen molar-refractivity contribution in [1.82, 2.24) is 0 Å². The molecule has 1 aromatic carbocycles. The van der Waals surface area contributed by atoms with Crippen molar-refractivity contribution in [3.8, 4) is 5.75 Å². The van der Waals surface area contributed by atoms with Crippen LogP contribution < -0.4 is 4.74 Å². The zero-order valence-electron chi connectivity index (χ0n) is 7.99. The van der Waals surface area contributed by atoms with Crippen molar-refractivity contribution in [3.05, 3.63) is 36.4 Å². The van der Waals surface area contributed by atoms with Crippen LogP contribution in [0.5, 0.6) is 5.75 Å². The molecular formula is C11H11NO2. The molecule has 0 radical (unpaired) electrons. The standard InChI is InChI=1S/C11H11NO2/c1-3-6-14-11-5-4-9(2)7-10(11)12-8-13/h3-5,7H,1,6H2,2H3. The van der Waals surface area contributed by atoms with Crippen molar-refractivity contribution in [2.75, 3.05) is 6.61 Å². The van der Waals surface area contributed by atoms with Crippen molar-refractivity contribution in [3.63, 3.8) is 0 Å². The summed E-state index contributed by atoms with van der Waals surface area (Å²) in [6, 6.07) is 5.43. The minimum Gasteiger partial charge on any atom is -0.487 e. The highest BCUT2D eigenvalue weighted by Gasteiger charge is 2.01. The quantitative estimate of drug-likeness (QED) is 0.414. The maximum absolute atomic E-state index is 10.1. The van der Waals surface area contributed by atoms with Crippen LogP contribution in [-0.2, 0) is 4.79 Å². The van der Waals surface area contributed by atoms with Crippen molar-refractivity contribution < 1.29 is 9.53 Å². The second-order valence-corrected chi connectivity index (χ2v) is 2.77. The van der Waals surface area contributed by atoms with Crippen LogP contribution in [0.1, 0.15) is 5.56 Å². The summed E-state index contributed by atoms with van der Waals surface area (Å²) in [5.74, 6) is 0.568. The third-order valence-electron chi connectivity index (χ3n) is 1.64. The van der Waals surface area contributed by atoms with Gasteiger partial charge in [-0.2, -0.15) is 4.99 Å². The van der Waals surface area contributed by atoms with Gasteiger partial charge < -0.3 is 4.74 Å². The lowest BCUT2D eigenvalue weighted by Gasteiger charge is -2.05. The van der Waals surface area contributed by atoms with E-state index < -0.39 is 0 Å². The van der Waals surface area contributed by atoms with E-state index in [0.717, 1.165) is 5.56 Å². The van der Waals surface area contributed by atoms with Crippen LogP contribution >= 0.6 is 0 Å². The Morgan fingerprint density at radius 3 is 3.07 bits per heavy atom. The summed E-state index contributed by atoms with van der Waals surface area (Å²) >= 11 is 0. The fraction of sp³-hybridized carbons (Fsp3) is 0.182. The number of rotatable bonds is 4. The van der Waals surface area contributed by atoms with Crippen molar-refractivity contribution in [1.29, 1.82) is 0 Å². The maximum atomic E-state index is 10.1. The zero-order valence-corrected chi connectivity index (χ0v) is 7.99. The molecule has 0 aliphatic carbocycles. The molecule has 72 valence electrons. The summed E-state index contributed by atoms with van der Waals surface area (Å²) in [5.41, 5.74) is 1.52. The van der Waals surface area contributed by atoms with E-state index in [1.165, 1.54) is 6.08 Å². The molecule has 0 aliphatic heterocycles. The zero-order chi connectivity index (χ0) is 10.4. The molecule has 0 saturated heterocycles. The molecule has 1 aromatic rings. The topological polar surface area (TPSA) is 38.7 Å². The maximum Gasteiger partial charge on any atom is 0.240 e. The van der Waals surface area contributed by atoms with E-state index in [4.69, 9.17) is 4.74 Å². The number of isocyanates is 1. The molecular weight excluding hydrogens is 178 g/mol. The molecule has 0 aromatic heterocycles. The summed E-state index contributed by atoms with van der Waals surface area (Å²) in [5, 5.41) is 0. The first-order valence-corrected chi connectivity index (χ1v) is 4.20. The molecule has 1 rings (SSSR count). The average Bonchev–Trinajstić information content (AvgIpc) is 2.17. The van der Waals surface area contributed by atoms with Gasteiger partial charge in [-0.25, -0.2) is 4.79 Å². The van der Waals surface area contributed by atoms with Gasteiger partial charge in [-0.3, -0.25) is 0 Å². The monoisotopic (exact) mass is 189 g/mol.